The van der Waals surface area contributed by atoms with Crippen LogP contribution in [0, 0.1) is 13.8 Å². The summed E-state index contributed by atoms with van der Waals surface area (Å²) in [7, 11) is 0.592. The second kappa shape index (κ2) is 8.99. The molecule has 0 bridgehead atoms. The molecule has 8 nitrogen and oxygen atoms in total. The second-order valence-corrected chi connectivity index (χ2v) is 7.78. The van der Waals surface area contributed by atoms with Crippen LogP contribution < -0.4 is 10.6 Å². The lowest BCUT2D eigenvalue weighted by Gasteiger charge is -2.16. The molecule has 0 amide bonds. The highest BCUT2D eigenvalue weighted by molar-refractivity contribution is 14.0. The first-order valence-corrected chi connectivity index (χ1v) is 9.37. The molecule has 1 aromatic rings. The van der Waals surface area contributed by atoms with Crippen molar-refractivity contribution >= 4 is 40.0 Å². The minimum atomic E-state index is -3.03. The Balaban J connectivity index is 0.00000288. The fourth-order valence-electron chi connectivity index (χ4n) is 2.71. The number of nitrogens with one attached hydrogen (secondary N) is 2. The van der Waals surface area contributed by atoms with Gasteiger partial charge in [-0.05, 0) is 20.3 Å². The van der Waals surface area contributed by atoms with Crippen molar-refractivity contribution in [3.63, 3.8) is 0 Å². The van der Waals surface area contributed by atoms with Gasteiger partial charge in [0.1, 0.15) is 0 Å². The van der Waals surface area contributed by atoms with E-state index in [1.54, 1.807) is 7.05 Å². The molecule has 10 heteroatoms. The molecule has 0 radical (unpaired) electrons. The molecule has 1 aliphatic rings. The predicted octanol–water partition coefficient (Wildman–Crippen LogP) is 0.355. The van der Waals surface area contributed by atoms with Crippen molar-refractivity contribution in [2.45, 2.75) is 26.8 Å². The first-order valence-electron chi connectivity index (χ1n) is 7.76. The Labute approximate surface area is 161 Å². The number of aliphatic imine (C=N–C) groups is 1. The molecule has 0 aliphatic carbocycles. The van der Waals surface area contributed by atoms with Gasteiger partial charge in [-0.1, -0.05) is 0 Å². The zero-order valence-corrected chi connectivity index (χ0v) is 17.8. The van der Waals surface area contributed by atoms with Crippen LogP contribution in [0.1, 0.15) is 23.4 Å². The maximum Gasteiger partial charge on any atom is 0.214 e. The molecule has 1 fully saturated rings. The summed E-state index contributed by atoms with van der Waals surface area (Å²) in [5, 5.41) is 10.8. The molecule has 2 rings (SSSR count). The number of aryl methyl sites for hydroxylation is 2. The average Bonchev–Trinajstić information content (AvgIpc) is 2.95. The zero-order valence-electron chi connectivity index (χ0n) is 14.7. The average molecular weight is 470 g/mol. The maximum absolute atomic E-state index is 11.7. The third-order valence-corrected chi connectivity index (χ3v) is 6.13. The highest BCUT2D eigenvalue weighted by Gasteiger charge is 2.27. The van der Waals surface area contributed by atoms with Crippen molar-refractivity contribution in [3.8, 4) is 0 Å². The Morgan fingerprint density at radius 2 is 2.04 bits per heavy atom. The van der Waals surface area contributed by atoms with Crippen LogP contribution in [-0.4, -0.2) is 60.9 Å². The van der Waals surface area contributed by atoms with E-state index in [1.807, 2.05) is 25.6 Å². The summed E-state index contributed by atoms with van der Waals surface area (Å²) < 4.78 is 26.9. The van der Waals surface area contributed by atoms with E-state index in [2.05, 4.69) is 20.7 Å². The number of guanidine groups is 1. The number of sulfonamides is 1. The van der Waals surface area contributed by atoms with E-state index in [0.717, 1.165) is 23.4 Å². The molecule has 1 aliphatic heterocycles. The fraction of sp³-hybridized carbons (Fsp3) is 0.714. The minimum Gasteiger partial charge on any atom is -0.355 e. The quantitative estimate of drug-likeness (QED) is 0.369. The smallest absolute Gasteiger partial charge is 0.214 e. The number of hydrogen-bond acceptors (Lipinski definition) is 4. The van der Waals surface area contributed by atoms with Gasteiger partial charge < -0.3 is 10.6 Å². The molecule has 0 aromatic carbocycles. The van der Waals surface area contributed by atoms with Crippen molar-refractivity contribution < 1.29 is 8.42 Å². The number of nitrogens with zero attached hydrogens (tertiary/aromatic N) is 4. The van der Waals surface area contributed by atoms with E-state index in [9.17, 15) is 8.42 Å². The van der Waals surface area contributed by atoms with E-state index in [1.165, 1.54) is 4.31 Å². The van der Waals surface area contributed by atoms with Crippen molar-refractivity contribution in [2.75, 3.05) is 32.4 Å². The van der Waals surface area contributed by atoms with Gasteiger partial charge in [-0.15, -0.1) is 24.0 Å². The Morgan fingerprint density at radius 3 is 2.54 bits per heavy atom. The molecule has 138 valence electrons. The van der Waals surface area contributed by atoms with Crippen LogP contribution in [0.3, 0.4) is 0 Å². The molecule has 0 spiro atoms. The van der Waals surface area contributed by atoms with Gasteiger partial charge in [-0.25, -0.2) is 12.7 Å². The Hall–Kier alpha value is -0.880. The Morgan fingerprint density at radius 1 is 1.33 bits per heavy atom. The van der Waals surface area contributed by atoms with E-state index in [0.29, 0.717) is 32.1 Å². The van der Waals surface area contributed by atoms with E-state index >= 15 is 0 Å². The summed E-state index contributed by atoms with van der Waals surface area (Å²) in [4.78, 5) is 4.17. The van der Waals surface area contributed by atoms with Crippen molar-refractivity contribution in [1.82, 2.24) is 24.7 Å². The van der Waals surface area contributed by atoms with Gasteiger partial charge in [0.2, 0.25) is 10.0 Å². The van der Waals surface area contributed by atoms with Gasteiger partial charge in [-0.3, -0.25) is 9.67 Å². The number of aromatic nitrogens is 2. The third-order valence-electron chi connectivity index (χ3n) is 4.17. The van der Waals surface area contributed by atoms with Crippen LogP contribution in [0.15, 0.2) is 4.99 Å². The third kappa shape index (κ3) is 5.06. The second-order valence-electron chi connectivity index (χ2n) is 5.69. The standard InChI is InChI=1S/C14H26N6O2S.HI/c1-11-13(12(2)19(4)18-11)10-17-14(15-3)16-6-8-20-7-5-9-23(20,21)22;/h5-10H2,1-4H3,(H2,15,16,17);1H. The number of hydrogen-bond donors (Lipinski definition) is 2. The highest BCUT2D eigenvalue weighted by atomic mass is 127. The van der Waals surface area contributed by atoms with Gasteiger partial charge >= 0.3 is 0 Å². The molecule has 2 heterocycles. The highest BCUT2D eigenvalue weighted by Crippen LogP contribution is 2.12. The molecule has 2 N–H and O–H groups in total. The largest absolute Gasteiger partial charge is 0.355 e. The van der Waals surface area contributed by atoms with E-state index in [4.69, 9.17) is 0 Å². The lowest BCUT2D eigenvalue weighted by molar-refractivity contribution is 0.445. The van der Waals surface area contributed by atoms with Crippen LogP contribution >= 0.6 is 24.0 Å². The molecule has 0 saturated carbocycles. The van der Waals surface area contributed by atoms with Crippen LogP contribution in [0.25, 0.3) is 0 Å². The SMILES string of the molecule is CN=C(NCCN1CCCS1(=O)=O)NCc1c(C)nn(C)c1C.I. The fourth-order valence-corrected chi connectivity index (χ4v) is 4.24. The molecule has 0 unspecified atom stereocenters. The minimum absolute atomic E-state index is 0. The summed E-state index contributed by atoms with van der Waals surface area (Å²) in [5.74, 6) is 0.920. The first kappa shape index (κ1) is 21.2. The summed E-state index contributed by atoms with van der Waals surface area (Å²) in [5.41, 5.74) is 3.27. The summed E-state index contributed by atoms with van der Waals surface area (Å²) in [6.45, 7) is 6.26. The monoisotopic (exact) mass is 470 g/mol. The van der Waals surface area contributed by atoms with Crippen LogP contribution in [-0.2, 0) is 23.6 Å². The summed E-state index contributed by atoms with van der Waals surface area (Å²) >= 11 is 0. The van der Waals surface area contributed by atoms with Gasteiger partial charge in [0.25, 0.3) is 0 Å². The van der Waals surface area contributed by atoms with Crippen molar-refractivity contribution in [3.05, 3.63) is 17.0 Å². The lowest BCUT2D eigenvalue weighted by atomic mass is 10.2. The Kier molecular flexibility index (Phi) is 7.93. The topological polar surface area (TPSA) is 91.6 Å². The van der Waals surface area contributed by atoms with Crippen LogP contribution in [0.4, 0.5) is 0 Å². The molecule has 0 atom stereocenters. The Bertz CT molecular complexity index is 686. The van der Waals surface area contributed by atoms with Gasteiger partial charge in [0, 0.05) is 51.5 Å². The number of rotatable bonds is 5. The normalized spacial score (nSPS) is 17.6. The summed E-state index contributed by atoms with van der Waals surface area (Å²) in [6.07, 6.45) is 0.717. The van der Waals surface area contributed by atoms with Crippen LogP contribution in [0.2, 0.25) is 0 Å². The molecule has 24 heavy (non-hydrogen) atoms. The molecular formula is C14H27IN6O2S. The first-order chi connectivity index (χ1) is 10.8. The van der Waals surface area contributed by atoms with Gasteiger partial charge in [0.15, 0.2) is 5.96 Å². The van der Waals surface area contributed by atoms with E-state index in [-0.39, 0.29) is 29.7 Å². The number of halogens is 1. The zero-order chi connectivity index (χ0) is 17.0. The van der Waals surface area contributed by atoms with Crippen LogP contribution in [0.5, 0.6) is 0 Å². The summed E-state index contributed by atoms with van der Waals surface area (Å²) in [6, 6.07) is 0. The van der Waals surface area contributed by atoms with E-state index < -0.39 is 10.0 Å². The molecule has 1 aromatic heterocycles. The molecule has 1 saturated heterocycles. The van der Waals surface area contributed by atoms with Gasteiger partial charge in [-0.2, -0.15) is 5.10 Å². The van der Waals surface area contributed by atoms with Gasteiger partial charge in [0.05, 0.1) is 11.4 Å². The van der Waals surface area contributed by atoms with Crippen molar-refractivity contribution in [1.29, 1.82) is 0 Å². The van der Waals surface area contributed by atoms with Crippen molar-refractivity contribution in [2.24, 2.45) is 12.0 Å². The molecular weight excluding hydrogens is 443 g/mol. The predicted molar refractivity (Wildman–Crippen MR) is 106 cm³/mol. The lowest BCUT2D eigenvalue weighted by Crippen LogP contribution is -2.41. The maximum atomic E-state index is 11.7.